The molecule has 0 spiro atoms. The Labute approximate surface area is 121 Å². The van der Waals surface area contributed by atoms with E-state index in [9.17, 15) is 22.9 Å². The molecule has 1 aromatic rings. The topological polar surface area (TPSA) is 89.3 Å². The number of sulfonamides is 1. The summed E-state index contributed by atoms with van der Waals surface area (Å²) in [5.74, 6) is -0.464. The molecule has 0 unspecified atom stereocenters. The fourth-order valence-corrected chi connectivity index (χ4v) is 3.83. The van der Waals surface area contributed by atoms with Gasteiger partial charge in [0.15, 0.2) is 0 Å². The molecule has 0 heterocycles. The largest absolute Gasteiger partial charge is 0.309 e. The third-order valence-corrected chi connectivity index (χ3v) is 5.04. The van der Waals surface area contributed by atoms with Crippen LogP contribution < -0.4 is 4.72 Å². The Balaban J connectivity index is 3.38. The minimum Gasteiger partial charge on any atom is -0.258 e. The summed E-state index contributed by atoms with van der Waals surface area (Å²) in [5, 5.41) is 10.8. The molecule has 0 aromatic heterocycles. The van der Waals surface area contributed by atoms with E-state index in [4.69, 9.17) is 0 Å². The van der Waals surface area contributed by atoms with Crippen molar-refractivity contribution in [2.45, 2.75) is 18.7 Å². The van der Waals surface area contributed by atoms with E-state index in [-0.39, 0.29) is 22.6 Å². The SMILES string of the molecule is CSCCNS(=O)(=O)c1c(C)cc(F)c([N+](=O)[O-])c1C. The van der Waals surface area contributed by atoms with Gasteiger partial charge >= 0.3 is 5.69 Å². The molecule has 0 aliphatic rings. The monoisotopic (exact) mass is 322 g/mol. The van der Waals surface area contributed by atoms with Gasteiger partial charge in [-0.2, -0.15) is 16.2 Å². The fourth-order valence-electron chi connectivity index (χ4n) is 1.89. The molecule has 0 radical (unpaired) electrons. The zero-order chi connectivity index (χ0) is 15.5. The molecule has 112 valence electrons. The predicted octanol–water partition coefficient (Wildman–Crippen LogP) is 1.99. The van der Waals surface area contributed by atoms with Gasteiger partial charge in [0.25, 0.3) is 0 Å². The van der Waals surface area contributed by atoms with Crippen LogP contribution >= 0.6 is 11.8 Å². The summed E-state index contributed by atoms with van der Waals surface area (Å²) in [4.78, 5) is 9.70. The molecule has 0 bridgehead atoms. The van der Waals surface area contributed by atoms with Crippen LogP contribution in [0.2, 0.25) is 0 Å². The number of nitrogens with one attached hydrogen (secondary N) is 1. The molecule has 0 aliphatic carbocycles. The van der Waals surface area contributed by atoms with Crippen molar-refractivity contribution in [2.24, 2.45) is 0 Å². The molecule has 0 aliphatic heterocycles. The van der Waals surface area contributed by atoms with E-state index in [1.54, 1.807) is 0 Å². The number of benzene rings is 1. The van der Waals surface area contributed by atoms with Gasteiger partial charge in [0.1, 0.15) is 0 Å². The first-order valence-electron chi connectivity index (χ1n) is 5.65. The first kappa shape index (κ1) is 16.9. The van der Waals surface area contributed by atoms with Crippen molar-refractivity contribution in [1.29, 1.82) is 0 Å². The van der Waals surface area contributed by atoms with E-state index in [1.807, 2.05) is 6.26 Å². The minimum absolute atomic E-state index is 0.141. The third kappa shape index (κ3) is 3.47. The van der Waals surface area contributed by atoms with Gasteiger partial charge < -0.3 is 0 Å². The van der Waals surface area contributed by atoms with Crippen molar-refractivity contribution >= 4 is 27.5 Å². The van der Waals surface area contributed by atoms with Gasteiger partial charge in [-0.1, -0.05) is 0 Å². The highest BCUT2D eigenvalue weighted by atomic mass is 32.2. The van der Waals surface area contributed by atoms with Gasteiger partial charge in [0.2, 0.25) is 15.8 Å². The number of nitro benzene ring substituents is 1. The standard InChI is InChI=1S/C11H15FN2O4S2/c1-7-6-9(12)10(14(15)16)8(2)11(7)20(17,18)13-4-5-19-3/h6,13H,4-5H2,1-3H3. The normalized spacial score (nSPS) is 11.6. The van der Waals surface area contributed by atoms with E-state index >= 15 is 0 Å². The lowest BCUT2D eigenvalue weighted by molar-refractivity contribution is -0.388. The number of rotatable bonds is 6. The summed E-state index contributed by atoms with van der Waals surface area (Å²) in [7, 11) is -3.90. The molecule has 1 aromatic carbocycles. The summed E-state index contributed by atoms with van der Waals surface area (Å²) in [6.07, 6.45) is 1.83. The minimum atomic E-state index is -3.90. The second-order valence-corrected chi connectivity index (χ2v) is 6.82. The number of thioether (sulfide) groups is 1. The van der Waals surface area contributed by atoms with Crippen LogP contribution in [0.4, 0.5) is 10.1 Å². The van der Waals surface area contributed by atoms with Crippen LogP contribution in [0.25, 0.3) is 0 Å². The van der Waals surface area contributed by atoms with E-state index in [1.165, 1.54) is 25.6 Å². The van der Waals surface area contributed by atoms with Crippen molar-refractivity contribution in [3.8, 4) is 0 Å². The average Bonchev–Trinajstić information content (AvgIpc) is 2.26. The van der Waals surface area contributed by atoms with Gasteiger partial charge in [-0.25, -0.2) is 13.1 Å². The molecule has 6 nitrogen and oxygen atoms in total. The number of halogens is 1. The van der Waals surface area contributed by atoms with E-state index in [0.29, 0.717) is 5.75 Å². The second-order valence-electron chi connectivity index (χ2n) is 4.13. The maximum atomic E-state index is 13.6. The van der Waals surface area contributed by atoms with Crippen molar-refractivity contribution < 1.29 is 17.7 Å². The Hall–Kier alpha value is -1.19. The van der Waals surface area contributed by atoms with Crippen molar-refractivity contribution in [2.75, 3.05) is 18.6 Å². The Morgan fingerprint density at radius 3 is 2.55 bits per heavy atom. The van der Waals surface area contributed by atoms with Crippen LogP contribution in [0.15, 0.2) is 11.0 Å². The van der Waals surface area contributed by atoms with Crippen LogP contribution in [0.1, 0.15) is 11.1 Å². The second kappa shape index (κ2) is 6.51. The van der Waals surface area contributed by atoms with Crippen LogP contribution in [0.3, 0.4) is 0 Å². The number of hydrogen-bond acceptors (Lipinski definition) is 5. The highest BCUT2D eigenvalue weighted by Gasteiger charge is 2.28. The number of hydrogen-bond donors (Lipinski definition) is 1. The Kier molecular flexibility index (Phi) is 5.49. The average molecular weight is 322 g/mol. The van der Waals surface area contributed by atoms with Gasteiger partial charge in [-0.3, -0.25) is 10.1 Å². The molecule has 0 fully saturated rings. The van der Waals surface area contributed by atoms with Crippen molar-refractivity contribution in [3.05, 3.63) is 33.1 Å². The van der Waals surface area contributed by atoms with Gasteiger partial charge in [0.05, 0.1) is 15.4 Å². The van der Waals surface area contributed by atoms with Crippen molar-refractivity contribution in [1.82, 2.24) is 4.72 Å². The van der Waals surface area contributed by atoms with E-state index in [0.717, 1.165) is 6.07 Å². The molecular formula is C11H15FN2O4S2. The zero-order valence-electron chi connectivity index (χ0n) is 11.3. The molecular weight excluding hydrogens is 307 g/mol. The summed E-state index contributed by atoms with van der Waals surface area (Å²) in [6.45, 7) is 2.84. The fraction of sp³-hybridized carbons (Fsp3) is 0.455. The lowest BCUT2D eigenvalue weighted by Crippen LogP contribution is -2.27. The Bertz CT molecular complexity index is 632. The molecule has 20 heavy (non-hydrogen) atoms. The van der Waals surface area contributed by atoms with Crippen LogP contribution in [-0.2, 0) is 10.0 Å². The summed E-state index contributed by atoms with van der Waals surface area (Å²) in [6, 6.07) is 0.869. The molecule has 0 atom stereocenters. The maximum absolute atomic E-state index is 13.6. The molecule has 1 rings (SSSR count). The quantitative estimate of drug-likeness (QED) is 0.491. The first-order chi connectivity index (χ1) is 9.22. The summed E-state index contributed by atoms with van der Waals surface area (Å²) >= 11 is 1.46. The van der Waals surface area contributed by atoms with Crippen LogP contribution in [0, 0.1) is 29.8 Å². The van der Waals surface area contributed by atoms with Gasteiger partial charge in [0, 0.05) is 12.3 Å². The molecule has 9 heteroatoms. The molecule has 0 saturated carbocycles. The maximum Gasteiger partial charge on any atom is 0.309 e. The first-order valence-corrected chi connectivity index (χ1v) is 8.52. The third-order valence-electron chi connectivity index (χ3n) is 2.67. The zero-order valence-corrected chi connectivity index (χ0v) is 12.9. The predicted molar refractivity (Wildman–Crippen MR) is 76.1 cm³/mol. The lowest BCUT2D eigenvalue weighted by atomic mass is 10.1. The number of nitro groups is 1. The Morgan fingerprint density at radius 1 is 1.45 bits per heavy atom. The molecule has 0 amide bonds. The Morgan fingerprint density at radius 2 is 2.05 bits per heavy atom. The van der Waals surface area contributed by atoms with Crippen LogP contribution in [-0.4, -0.2) is 31.9 Å². The smallest absolute Gasteiger partial charge is 0.258 e. The lowest BCUT2D eigenvalue weighted by Gasteiger charge is -2.12. The van der Waals surface area contributed by atoms with Crippen LogP contribution in [0.5, 0.6) is 0 Å². The van der Waals surface area contributed by atoms with E-state index in [2.05, 4.69) is 4.72 Å². The number of aryl methyl sites for hydroxylation is 1. The highest BCUT2D eigenvalue weighted by molar-refractivity contribution is 7.98. The van der Waals surface area contributed by atoms with Gasteiger partial charge in [-0.15, -0.1) is 0 Å². The van der Waals surface area contributed by atoms with Crippen molar-refractivity contribution in [3.63, 3.8) is 0 Å². The summed E-state index contributed by atoms with van der Waals surface area (Å²) in [5.41, 5.74) is -0.854. The van der Waals surface area contributed by atoms with E-state index < -0.39 is 26.5 Å². The molecule has 1 N–H and O–H groups in total. The molecule has 0 saturated heterocycles. The number of nitrogens with zero attached hydrogens (tertiary/aromatic N) is 1. The highest BCUT2D eigenvalue weighted by Crippen LogP contribution is 2.30. The van der Waals surface area contributed by atoms with Gasteiger partial charge in [-0.05, 0) is 31.7 Å². The summed E-state index contributed by atoms with van der Waals surface area (Å²) < 4.78 is 40.3.